The monoisotopic (exact) mass is 222 g/mol. The molecule has 0 radical (unpaired) electrons. The van der Waals surface area contributed by atoms with E-state index in [1.165, 1.54) is 6.08 Å². The van der Waals surface area contributed by atoms with Gasteiger partial charge in [-0.15, -0.1) is 0 Å². The van der Waals surface area contributed by atoms with Gasteiger partial charge >= 0.3 is 0 Å². The van der Waals surface area contributed by atoms with Crippen molar-refractivity contribution < 1.29 is 14.4 Å². The third-order valence-corrected chi connectivity index (χ3v) is 2.69. The van der Waals surface area contributed by atoms with E-state index in [-0.39, 0.29) is 30.7 Å². The summed E-state index contributed by atoms with van der Waals surface area (Å²) in [7, 11) is 0. The molecular formula is C11H14N2O3. The third kappa shape index (κ3) is 2.29. The fourth-order valence-corrected chi connectivity index (χ4v) is 1.59. The van der Waals surface area contributed by atoms with E-state index in [1.54, 1.807) is 6.92 Å². The molecule has 1 aliphatic carbocycles. The topological polar surface area (TPSA) is 66.5 Å². The average molecular weight is 222 g/mol. The van der Waals surface area contributed by atoms with Gasteiger partial charge in [0, 0.05) is 30.7 Å². The van der Waals surface area contributed by atoms with Crippen LogP contribution in [0.4, 0.5) is 0 Å². The molecule has 1 fully saturated rings. The zero-order chi connectivity index (χ0) is 11.7. The number of hydrogen-bond donors (Lipinski definition) is 1. The van der Waals surface area contributed by atoms with Gasteiger partial charge in [0.1, 0.15) is 0 Å². The maximum Gasteiger partial charge on any atom is 0.256 e. The fourth-order valence-electron chi connectivity index (χ4n) is 1.59. The Balaban J connectivity index is 1.79. The average Bonchev–Trinajstić information content (AvgIpc) is 2.97. The van der Waals surface area contributed by atoms with E-state index in [0.29, 0.717) is 11.6 Å². The molecule has 5 nitrogen and oxygen atoms in total. The van der Waals surface area contributed by atoms with Crippen LogP contribution in [0.2, 0.25) is 0 Å². The van der Waals surface area contributed by atoms with Gasteiger partial charge in [0.15, 0.2) is 0 Å². The Morgan fingerprint density at radius 3 is 2.69 bits per heavy atom. The number of hydrogen-bond acceptors (Lipinski definition) is 3. The molecule has 0 aromatic carbocycles. The van der Waals surface area contributed by atoms with Gasteiger partial charge < -0.3 is 5.32 Å². The molecule has 16 heavy (non-hydrogen) atoms. The largest absolute Gasteiger partial charge is 0.353 e. The highest BCUT2D eigenvalue weighted by Crippen LogP contribution is 2.18. The zero-order valence-corrected chi connectivity index (χ0v) is 9.16. The minimum Gasteiger partial charge on any atom is -0.353 e. The van der Waals surface area contributed by atoms with E-state index >= 15 is 0 Å². The van der Waals surface area contributed by atoms with E-state index in [1.807, 2.05) is 0 Å². The highest BCUT2D eigenvalue weighted by Gasteiger charge is 2.29. The SMILES string of the molecule is CC1=CC(=O)N(CCC(=O)NC2CC2)C1=O. The Kier molecular flexibility index (Phi) is 2.77. The van der Waals surface area contributed by atoms with Crippen molar-refractivity contribution in [1.29, 1.82) is 0 Å². The number of carbonyl (C=O) groups excluding carboxylic acids is 3. The van der Waals surface area contributed by atoms with Crippen molar-refractivity contribution in [1.82, 2.24) is 10.2 Å². The lowest BCUT2D eigenvalue weighted by Gasteiger charge is -2.13. The van der Waals surface area contributed by atoms with Crippen molar-refractivity contribution in [2.24, 2.45) is 0 Å². The van der Waals surface area contributed by atoms with Gasteiger partial charge in [-0.25, -0.2) is 0 Å². The van der Waals surface area contributed by atoms with Crippen molar-refractivity contribution in [3.8, 4) is 0 Å². The van der Waals surface area contributed by atoms with Gasteiger partial charge in [0.2, 0.25) is 5.91 Å². The molecule has 0 atom stereocenters. The molecule has 86 valence electrons. The lowest BCUT2D eigenvalue weighted by atomic mass is 10.3. The molecule has 0 bridgehead atoms. The summed E-state index contributed by atoms with van der Waals surface area (Å²) in [5, 5.41) is 2.81. The van der Waals surface area contributed by atoms with Gasteiger partial charge in [-0.2, -0.15) is 0 Å². The molecule has 2 aliphatic rings. The zero-order valence-electron chi connectivity index (χ0n) is 9.16. The molecule has 0 aromatic heterocycles. The summed E-state index contributed by atoms with van der Waals surface area (Å²) >= 11 is 0. The van der Waals surface area contributed by atoms with Crippen LogP contribution in [-0.4, -0.2) is 35.2 Å². The number of carbonyl (C=O) groups is 3. The van der Waals surface area contributed by atoms with Gasteiger partial charge in [-0.05, 0) is 19.8 Å². The highest BCUT2D eigenvalue weighted by atomic mass is 16.2. The Labute approximate surface area is 93.5 Å². The lowest BCUT2D eigenvalue weighted by molar-refractivity contribution is -0.137. The van der Waals surface area contributed by atoms with E-state index < -0.39 is 0 Å². The van der Waals surface area contributed by atoms with Crippen molar-refractivity contribution in [2.75, 3.05) is 6.54 Å². The Hall–Kier alpha value is -1.65. The first-order chi connectivity index (χ1) is 7.58. The predicted molar refractivity (Wildman–Crippen MR) is 56.3 cm³/mol. The van der Waals surface area contributed by atoms with Gasteiger partial charge in [-0.1, -0.05) is 0 Å². The molecule has 3 amide bonds. The summed E-state index contributed by atoms with van der Waals surface area (Å²) in [6.07, 6.45) is 3.57. The van der Waals surface area contributed by atoms with Crippen LogP contribution < -0.4 is 5.32 Å². The number of nitrogens with zero attached hydrogens (tertiary/aromatic N) is 1. The van der Waals surface area contributed by atoms with E-state index in [0.717, 1.165) is 17.7 Å². The molecule has 1 N–H and O–H groups in total. The quantitative estimate of drug-likeness (QED) is 0.679. The van der Waals surface area contributed by atoms with Crippen LogP contribution in [0.15, 0.2) is 11.6 Å². The van der Waals surface area contributed by atoms with Crippen LogP contribution in [0.5, 0.6) is 0 Å². The summed E-state index contributed by atoms with van der Waals surface area (Å²) < 4.78 is 0. The van der Waals surface area contributed by atoms with E-state index in [2.05, 4.69) is 5.32 Å². The maximum absolute atomic E-state index is 11.5. The Morgan fingerprint density at radius 2 is 2.19 bits per heavy atom. The highest BCUT2D eigenvalue weighted by molar-refractivity contribution is 6.15. The number of imide groups is 1. The van der Waals surface area contributed by atoms with Crippen LogP contribution in [0, 0.1) is 0 Å². The van der Waals surface area contributed by atoms with E-state index in [4.69, 9.17) is 0 Å². The molecule has 5 heteroatoms. The normalized spacial score (nSPS) is 20.1. The minimum atomic E-state index is -0.318. The molecule has 0 aromatic rings. The molecule has 1 saturated carbocycles. The van der Waals surface area contributed by atoms with Crippen molar-refractivity contribution in [3.63, 3.8) is 0 Å². The van der Waals surface area contributed by atoms with Crippen LogP contribution in [-0.2, 0) is 14.4 Å². The van der Waals surface area contributed by atoms with Crippen LogP contribution in [0.25, 0.3) is 0 Å². The summed E-state index contributed by atoms with van der Waals surface area (Å²) in [5.41, 5.74) is 0.438. The first-order valence-corrected chi connectivity index (χ1v) is 5.41. The second kappa shape index (κ2) is 4.08. The predicted octanol–water partition coefficient (Wildman–Crippen LogP) is -0.0298. The first-order valence-electron chi connectivity index (χ1n) is 5.41. The number of amides is 3. The molecule has 1 aliphatic heterocycles. The summed E-state index contributed by atoms with van der Waals surface area (Å²) in [6.45, 7) is 1.77. The van der Waals surface area contributed by atoms with Gasteiger partial charge in [-0.3, -0.25) is 19.3 Å². The second-order valence-corrected chi connectivity index (χ2v) is 4.21. The van der Waals surface area contributed by atoms with Crippen molar-refractivity contribution >= 4 is 17.7 Å². The van der Waals surface area contributed by atoms with Gasteiger partial charge in [0.25, 0.3) is 11.8 Å². The van der Waals surface area contributed by atoms with Crippen LogP contribution in [0.1, 0.15) is 26.2 Å². The number of nitrogens with one attached hydrogen (secondary N) is 1. The lowest BCUT2D eigenvalue weighted by Crippen LogP contribution is -2.35. The molecular weight excluding hydrogens is 208 g/mol. The van der Waals surface area contributed by atoms with Crippen molar-refractivity contribution in [3.05, 3.63) is 11.6 Å². The third-order valence-electron chi connectivity index (χ3n) is 2.69. The standard InChI is InChI=1S/C11H14N2O3/c1-7-6-10(15)13(11(7)16)5-4-9(14)12-8-2-3-8/h6,8H,2-5H2,1H3,(H,12,14). The Morgan fingerprint density at radius 1 is 1.50 bits per heavy atom. The smallest absolute Gasteiger partial charge is 0.256 e. The molecule has 2 rings (SSSR count). The number of rotatable bonds is 4. The molecule has 1 heterocycles. The van der Waals surface area contributed by atoms with Crippen LogP contribution >= 0.6 is 0 Å². The molecule has 0 unspecified atom stereocenters. The fraction of sp³-hybridized carbons (Fsp3) is 0.545. The van der Waals surface area contributed by atoms with Crippen LogP contribution in [0.3, 0.4) is 0 Å². The van der Waals surface area contributed by atoms with Crippen molar-refractivity contribution in [2.45, 2.75) is 32.2 Å². The summed E-state index contributed by atoms with van der Waals surface area (Å²) in [4.78, 5) is 35.3. The second-order valence-electron chi connectivity index (χ2n) is 4.21. The maximum atomic E-state index is 11.5. The van der Waals surface area contributed by atoms with Gasteiger partial charge in [0.05, 0.1) is 0 Å². The summed E-state index contributed by atoms with van der Waals surface area (Å²) in [5.74, 6) is -0.696. The van der Waals surface area contributed by atoms with E-state index in [9.17, 15) is 14.4 Å². The first kappa shape index (κ1) is 10.9. The summed E-state index contributed by atoms with van der Waals surface area (Å²) in [6, 6.07) is 0.317. The molecule has 0 spiro atoms. The molecule has 0 saturated heterocycles. The Bertz CT molecular complexity index is 383. The minimum absolute atomic E-state index is 0.0901.